The molecule has 0 saturated heterocycles. The third kappa shape index (κ3) is 2.66. The first kappa shape index (κ1) is 11.7. The van der Waals surface area contributed by atoms with Crippen LogP contribution in [-0.4, -0.2) is 30.1 Å². The molecular weight excluding hydrogens is 198 g/mol. The molecule has 0 aliphatic heterocycles. The zero-order chi connectivity index (χ0) is 11.5. The number of aryl methyl sites for hydroxylation is 1. The predicted molar refractivity (Wildman–Crippen MR) is 67.5 cm³/mol. The van der Waals surface area contributed by atoms with Crippen molar-refractivity contribution in [3.8, 4) is 0 Å². The van der Waals surface area contributed by atoms with Crippen LogP contribution in [0.25, 0.3) is 0 Å². The van der Waals surface area contributed by atoms with Gasteiger partial charge in [0.25, 0.3) is 0 Å². The van der Waals surface area contributed by atoms with E-state index in [1.165, 1.54) is 30.4 Å². The maximum atomic E-state index is 6.19. The van der Waals surface area contributed by atoms with Gasteiger partial charge in [-0.2, -0.15) is 0 Å². The van der Waals surface area contributed by atoms with Gasteiger partial charge in [-0.05, 0) is 44.5 Å². The Morgan fingerprint density at radius 2 is 2.19 bits per heavy atom. The molecule has 0 saturated carbocycles. The lowest BCUT2D eigenvalue weighted by Crippen LogP contribution is -2.17. The molecule has 16 heavy (non-hydrogen) atoms. The predicted octanol–water partition coefficient (Wildman–Crippen LogP) is 1.78. The second kappa shape index (κ2) is 5.02. The highest BCUT2D eigenvalue weighted by Gasteiger charge is 2.17. The fourth-order valence-electron chi connectivity index (χ4n) is 2.40. The summed E-state index contributed by atoms with van der Waals surface area (Å²) in [4.78, 5) is 2.21. The summed E-state index contributed by atoms with van der Waals surface area (Å²) in [5.41, 5.74) is 9.05. The van der Waals surface area contributed by atoms with Crippen molar-refractivity contribution in [2.75, 3.05) is 20.6 Å². The van der Waals surface area contributed by atoms with E-state index in [0.717, 1.165) is 19.5 Å². The number of nitrogens with two attached hydrogens (primary N) is 1. The van der Waals surface area contributed by atoms with E-state index < -0.39 is 0 Å². The maximum Gasteiger partial charge on any atom is 0.0347 e. The molecule has 3 heteroatoms. The van der Waals surface area contributed by atoms with Crippen LogP contribution >= 0.6 is 0 Å². The van der Waals surface area contributed by atoms with Gasteiger partial charge in [-0.25, -0.2) is 0 Å². The number of hydrogen-bond donors (Lipinski definition) is 1. The van der Waals surface area contributed by atoms with Gasteiger partial charge in [0.1, 0.15) is 0 Å². The minimum Gasteiger partial charge on any atom is -0.352 e. The first-order valence-electron chi connectivity index (χ1n) is 6.25. The van der Waals surface area contributed by atoms with Crippen molar-refractivity contribution in [1.29, 1.82) is 0 Å². The summed E-state index contributed by atoms with van der Waals surface area (Å²) in [5, 5.41) is 0. The van der Waals surface area contributed by atoms with Crippen molar-refractivity contribution < 1.29 is 0 Å². The van der Waals surface area contributed by atoms with Crippen molar-refractivity contribution in [2.24, 2.45) is 5.73 Å². The summed E-state index contributed by atoms with van der Waals surface area (Å²) in [6.45, 7) is 2.15. The van der Waals surface area contributed by atoms with Crippen molar-refractivity contribution in [3.63, 3.8) is 0 Å². The molecule has 0 fully saturated rings. The van der Waals surface area contributed by atoms with Crippen molar-refractivity contribution >= 4 is 0 Å². The van der Waals surface area contributed by atoms with E-state index in [2.05, 4.69) is 36.0 Å². The van der Waals surface area contributed by atoms with Gasteiger partial charge < -0.3 is 15.2 Å². The smallest absolute Gasteiger partial charge is 0.0347 e. The van der Waals surface area contributed by atoms with Gasteiger partial charge in [-0.3, -0.25) is 0 Å². The fraction of sp³-hybridized carbons (Fsp3) is 0.692. The number of likely N-dealkylation sites (N-methyl/N-ethyl adjacent to an activating group) is 1. The third-order valence-corrected chi connectivity index (χ3v) is 3.41. The lowest BCUT2D eigenvalue weighted by atomic mass is 10.1. The molecule has 0 bridgehead atoms. The largest absolute Gasteiger partial charge is 0.352 e. The molecule has 1 atom stereocenters. The molecule has 2 N–H and O–H groups in total. The third-order valence-electron chi connectivity index (χ3n) is 3.41. The molecule has 0 amide bonds. The van der Waals surface area contributed by atoms with Gasteiger partial charge in [-0.15, -0.1) is 0 Å². The van der Waals surface area contributed by atoms with Crippen LogP contribution in [0.1, 0.15) is 36.4 Å². The van der Waals surface area contributed by atoms with E-state index in [-0.39, 0.29) is 6.04 Å². The Morgan fingerprint density at radius 1 is 1.38 bits per heavy atom. The van der Waals surface area contributed by atoms with Gasteiger partial charge in [0.05, 0.1) is 0 Å². The molecule has 0 spiro atoms. The number of nitrogens with zero attached hydrogens (tertiary/aromatic N) is 2. The second-order valence-corrected chi connectivity index (χ2v) is 5.13. The van der Waals surface area contributed by atoms with E-state index in [1.807, 2.05) is 0 Å². The maximum absolute atomic E-state index is 6.19. The number of fused-ring (bicyclic) bond motifs is 1. The normalized spacial score (nSPS) is 20.9. The minimum absolute atomic E-state index is 0.262. The number of rotatable bonds is 3. The summed E-state index contributed by atoms with van der Waals surface area (Å²) in [5.74, 6) is 0. The molecule has 1 aliphatic carbocycles. The van der Waals surface area contributed by atoms with E-state index >= 15 is 0 Å². The Labute approximate surface area is 98.2 Å². The lowest BCUT2D eigenvalue weighted by molar-refractivity contribution is 0.384. The molecular formula is C13H23N3. The molecule has 1 aromatic heterocycles. The first-order chi connectivity index (χ1) is 7.66. The van der Waals surface area contributed by atoms with Crippen LogP contribution in [0.15, 0.2) is 12.4 Å². The van der Waals surface area contributed by atoms with Crippen LogP contribution in [0, 0.1) is 0 Å². The second-order valence-electron chi connectivity index (χ2n) is 5.13. The zero-order valence-corrected chi connectivity index (χ0v) is 10.4. The summed E-state index contributed by atoms with van der Waals surface area (Å²) in [6.07, 6.45) is 9.47. The highest BCUT2D eigenvalue weighted by molar-refractivity contribution is 5.28. The average Bonchev–Trinajstić information content (AvgIpc) is 2.57. The summed E-state index contributed by atoms with van der Waals surface area (Å²) in [7, 11) is 4.22. The molecule has 0 aromatic carbocycles. The van der Waals surface area contributed by atoms with Crippen molar-refractivity contribution in [3.05, 3.63) is 23.5 Å². The quantitative estimate of drug-likeness (QED) is 0.789. The average molecular weight is 221 g/mol. The van der Waals surface area contributed by atoms with Crippen LogP contribution in [0.2, 0.25) is 0 Å². The van der Waals surface area contributed by atoms with E-state index in [0.29, 0.717) is 0 Å². The lowest BCUT2D eigenvalue weighted by Gasteiger charge is -2.10. The highest BCUT2D eigenvalue weighted by atomic mass is 15.1. The van der Waals surface area contributed by atoms with E-state index in [9.17, 15) is 0 Å². The molecule has 0 radical (unpaired) electrons. The molecule has 3 nitrogen and oxygen atoms in total. The molecule has 1 unspecified atom stereocenters. The van der Waals surface area contributed by atoms with Gasteiger partial charge in [0.15, 0.2) is 0 Å². The van der Waals surface area contributed by atoms with Crippen molar-refractivity contribution in [2.45, 2.75) is 38.3 Å². The molecule has 90 valence electrons. The topological polar surface area (TPSA) is 34.2 Å². The monoisotopic (exact) mass is 221 g/mol. The number of aromatic nitrogens is 1. The standard InChI is InChI=1S/C13H23N3/c1-15(2)7-8-16-9-11-5-3-4-6-13(14)12(11)10-16/h9-10,13H,3-8,14H2,1-2H3. The first-order valence-corrected chi connectivity index (χ1v) is 6.25. The summed E-state index contributed by atoms with van der Waals surface area (Å²) in [6, 6.07) is 0.262. The molecule has 1 aromatic rings. The Kier molecular flexibility index (Phi) is 3.66. The van der Waals surface area contributed by atoms with Gasteiger partial charge in [0.2, 0.25) is 0 Å². The minimum atomic E-state index is 0.262. The zero-order valence-electron chi connectivity index (χ0n) is 10.4. The molecule has 1 aliphatic rings. The SMILES string of the molecule is CN(C)CCn1cc2c(c1)C(N)CCCC2. The Bertz CT molecular complexity index is 341. The fourth-order valence-corrected chi connectivity index (χ4v) is 2.40. The van der Waals surface area contributed by atoms with Gasteiger partial charge in [0, 0.05) is 31.5 Å². The Balaban J connectivity index is 2.09. The van der Waals surface area contributed by atoms with Crippen LogP contribution in [-0.2, 0) is 13.0 Å². The van der Waals surface area contributed by atoms with Crippen LogP contribution in [0.3, 0.4) is 0 Å². The molecule has 2 rings (SSSR count). The Hall–Kier alpha value is -0.800. The van der Waals surface area contributed by atoms with Gasteiger partial charge in [-0.1, -0.05) is 6.42 Å². The number of hydrogen-bond acceptors (Lipinski definition) is 2. The summed E-state index contributed by atoms with van der Waals surface area (Å²) < 4.78 is 2.30. The van der Waals surface area contributed by atoms with Gasteiger partial charge >= 0.3 is 0 Å². The Morgan fingerprint density at radius 3 is 2.94 bits per heavy atom. The molecule has 1 heterocycles. The van der Waals surface area contributed by atoms with Crippen LogP contribution in [0.4, 0.5) is 0 Å². The van der Waals surface area contributed by atoms with Crippen LogP contribution in [0.5, 0.6) is 0 Å². The van der Waals surface area contributed by atoms with E-state index in [4.69, 9.17) is 5.73 Å². The highest BCUT2D eigenvalue weighted by Crippen LogP contribution is 2.27. The summed E-state index contributed by atoms with van der Waals surface area (Å²) >= 11 is 0. The van der Waals surface area contributed by atoms with Crippen LogP contribution < -0.4 is 5.73 Å². The van der Waals surface area contributed by atoms with E-state index in [1.54, 1.807) is 0 Å². The van der Waals surface area contributed by atoms with Crippen molar-refractivity contribution in [1.82, 2.24) is 9.47 Å².